The Morgan fingerprint density at radius 1 is 1.38 bits per heavy atom. The summed E-state index contributed by atoms with van der Waals surface area (Å²) in [6.07, 6.45) is -0.266. The number of halogens is 2. The quantitative estimate of drug-likeness (QED) is 0.739. The van der Waals surface area contributed by atoms with E-state index in [1.165, 1.54) is 0 Å². The minimum atomic E-state index is -0.488. The fourth-order valence-corrected chi connectivity index (χ4v) is 3.40. The van der Waals surface area contributed by atoms with E-state index < -0.39 is 5.60 Å². The van der Waals surface area contributed by atoms with Gasteiger partial charge in [-0.3, -0.25) is 4.90 Å². The van der Waals surface area contributed by atoms with Gasteiger partial charge in [0.05, 0.1) is 0 Å². The van der Waals surface area contributed by atoms with Gasteiger partial charge in [-0.25, -0.2) is 9.18 Å². The topological polar surface area (TPSA) is 32.8 Å². The largest absolute Gasteiger partial charge is 0.444 e. The van der Waals surface area contributed by atoms with Crippen molar-refractivity contribution in [3.8, 4) is 0 Å². The summed E-state index contributed by atoms with van der Waals surface area (Å²) >= 11 is 3.51. The molecule has 2 rings (SSSR count). The summed E-state index contributed by atoms with van der Waals surface area (Å²) in [5.74, 6) is -0.186. The molecule has 0 spiro atoms. The maximum Gasteiger partial charge on any atom is 0.410 e. The van der Waals surface area contributed by atoms with Crippen LogP contribution < -0.4 is 0 Å². The Bertz CT molecular complexity index is 616. The first-order valence-electron chi connectivity index (χ1n) is 8.23. The molecule has 1 aromatic carbocycles. The highest BCUT2D eigenvalue weighted by Crippen LogP contribution is 2.24. The van der Waals surface area contributed by atoms with Gasteiger partial charge in [-0.1, -0.05) is 15.9 Å². The van der Waals surface area contributed by atoms with Crippen molar-refractivity contribution >= 4 is 22.0 Å². The van der Waals surface area contributed by atoms with Crippen LogP contribution in [0, 0.1) is 12.7 Å². The third kappa shape index (κ3) is 4.93. The molecule has 1 aromatic rings. The van der Waals surface area contributed by atoms with Crippen LogP contribution in [0.3, 0.4) is 0 Å². The van der Waals surface area contributed by atoms with E-state index in [0.29, 0.717) is 18.7 Å². The smallest absolute Gasteiger partial charge is 0.410 e. The average molecular weight is 401 g/mol. The van der Waals surface area contributed by atoms with Crippen LogP contribution in [0.5, 0.6) is 0 Å². The van der Waals surface area contributed by atoms with Crippen LogP contribution in [0.1, 0.15) is 38.8 Å². The highest BCUT2D eigenvalue weighted by Gasteiger charge is 2.30. The zero-order valence-corrected chi connectivity index (χ0v) is 16.6. The van der Waals surface area contributed by atoms with Crippen molar-refractivity contribution in [3.05, 3.63) is 33.5 Å². The molecule has 1 saturated heterocycles. The van der Waals surface area contributed by atoms with Gasteiger partial charge in [-0.15, -0.1) is 0 Å². The third-order valence-electron chi connectivity index (χ3n) is 4.06. The molecule has 0 aromatic heterocycles. The van der Waals surface area contributed by atoms with E-state index >= 15 is 0 Å². The fourth-order valence-electron chi connectivity index (χ4n) is 2.82. The zero-order valence-electron chi connectivity index (χ0n) is 15.0. The number of hydrogen-bond donors (Lipinski definition) is 0. The lowest BCUT2D eigenvalue weighted by Gasteiger charge is -2.40. The van der Waals surface area contributed by atoms with Crippen molar-refractivity contribution in [1.82, 2.24) is 9.80 Å². The lowest BCUT2D eigenvalue weighted by atomic mass is 10.1. The number of amides is 1. The molecule has 0 radical (unpaired) electrons. The van der Waals surface area contributed by atoms with Crippen LogP contribution in [0.15, 0.2) is 16.6 Å². The monoisotopic (exact) mass is 400 g/mol. The van der Waals surface area contributed by atoms with E-state index in [1.54, 1.807) is 17.9 Å². The maximum absolute atomic E-state index is 13.8. The molecule has 0 saturated carbocycles. The van der Waals surface area contributed by atoms with Crippen molar-refractivity contribution in [2.75, 3.05) is 19.6 Å². The number of carbonyl (C=O) groups excluding carboxylic acids is 1. The molecule has 1 aliphatic heterocycles. The summed E-state index contributed by atoms with van der Waals surface area (Å²) < 4.78 is 20.2. The second-order valence-electron chi connectivity index (χ2n) is 7.45. The first kappa shape index (κ1) is 19.2. The number of carbonyl (C=O) groups is 1. The van der Waals surface area contributed by atoms with E-state index in [1.807, 2.05) is 33.8 Å². The van der Waals surface area contributed by atoms with Gasteiger partial charge in [0.1, 0.15) is 11.4 Å². The zero-order chi connectivity index (χ0) is 18.1. The molecule has 134 valence electrons. The molecule has 0 unspecified atom stereocenters. The van der Waals surface area contributed by atoms with Crippen LogP contribution in [0.2, 0.25) is 0 Å². The molecule has 1 atom stereocenters. The summed E-state index contributed by atoms with van der Waals surface area (Å²) in [5, 5.41) is 0. The predicted molar refractivity (Wildman–Crippen MR) is 96.5 cm³/mol. The maximum atomic E-state index is 13.8. The summed E-state index contributed by atoms with van der Waals surface area (Å²) in [6, 6.07) is 3.46. The lowest BCUT2D eigenvalue weighted by molar-refractivity contribution is 0.000535. The molecule has 0 N–H and O–H groups in total. The number of nitrogens with zero attached hydrogens (tertiary/aromatic N) is 2. The van der Waals surface area contributed by atoms with E-state index in [4.69, 9.17) is 4.74 Å². The summed E-state index contributed by atoms with van der Waals surface area (Å²) in [6.45, 7) is 12.1. The molecular formula is C18H26BrFN2O2. The highest BCUT2D eigenvalue weighted by atomic mass is 79.9. The summed E-state index contributed by atoms with van der Waals surface area (Å²) in [5.41, 5.74) is 1.07. The molecule has 1 heterocycles. The van der Waals surface area contributed by atoms with Gasteiger partial charge in [0.15, 0.2) is 0 Å². The predicted octanol–water partition coefficient (Wildman–Crippen LogP) is 4.34. The Morgan fingerprint density at radius 2 is 2.04 bits per heavy atom. The number of aryl methyl sites for hydroxylation is 1. The van der Waals surface area contributed by atoms with Gasteiger partial charge >= 0.3 is 6.09 Å². The Hall–Kier alpha value is -1.14. The number of hydrogen-bond acceptors (Lipinski definition) is 3. The normalized spacial score (nSPS) is 19.5. The molecule has 1 aliphatic rings. The van der Waals surface area contributed by atoms with Crippen molar-refractivity contribution in [2.24, 2.45) is 0 Å². The Labute approximate surface area is 152 Å². The Morgan fingerprint density at radius 3 is 2.62 bits per heavy atom. The molecule has 1 fully saturated rings. The first-order chi connectivity index (χ1) is 11.1. The van der Waals surface area contributed by atoms with Crippen LogP contribution in [0.4, 0.5) is 9.18 Å². The fraction of sp³-hybridized carbons (Fsp3) is 0.611. The van der Waals surface area contributed by atoms with Gasteiger partial charge in [-0.2, -0.15) is 0 Å². The van der Waals surface area contributed by atoms with Crippen molar-refractivity contribution in [3.63, 3.8) is 0 Å². The second-order valence-corrected chi connectivity index (χ2v) is 8.31. The van der Waals surface area contributed by atoms with Crippen LogP contribution >= 0.6 is 15.9 Å². The summed E-state index contributed by atoms with van der Waals surface area (Å²) in [4.78, 5) is 16.3. The number of piperazine rings is 1. The third-order valence-corrected chi connectivity index (χ3v) is 4.80. The molecule has 4 nitrogen and oxygen atoms in total. The van der Waals surface area contributed by atoms with Crippen molar-refractivity contribution < 1.29 is 13.9 Å². The van der Waals surface area contributed by atoms with E-state index in [-0.39, 0.29) is 18.0 Å². The Balaban J connectivity index is 1.98. The van der Waals surface area contributed by atoms with Gasteiger partial charge < -0.3 is 9.64 Å². The average Bonchev–Trinajstić information content (AvgIpc) is 2.42. The van der Waals surface area contributed by atoms with Crippen LogP contribution in [-0.2, 0) is 11.3 Å². The van der Waals surface area contributed by atoms with Gasteiger partial charge in [0.2, 0.25) is 0 Å². The minimum Gasteiger partial charge on any atom is -0.444 e. The van der Waals surface area contributed by atoms with Crippen LogP contribution in [0.25, 0.3) is 0 Å². The number of rotatable bonds is 2. The summed E-state index contributed by atoms with van der Waals surface area (Å²) in [7, 11) is 0. The Kier molecular flexibility index (Phi) is 5.91. The number of benzene rings is 1. The SMILES string of the molecule is Cc1cc(Br)c(CN2CCN(C(=O)OC(C)(C)C)[C@@H](C)C2)cc1F. The van der Waals surface area contributed by atoms with Crippen LogP contribution in [-0.4, -0.2) is 47.2 Å². The molecule has 24 heavy (non-hydrogen) atoms. The van der Waals surface area contributed by atoms with E-state index in [2.05, 4.69) is 20.8 Å². The highest BCUT2D eigenvalue weighted by molar-refractivity contribution is 9.10. The standard InChI is InChI=1S/C18H26BrFN2O2/c1-12-8-15(19)14(9-16(12)20)11-21-6-7-22(13(2)10-21)17(23)24-18(3,4)5/h8-9,13H,6-7,10-11H2,1-5H3/t13-/m0/s1. The second kappa shape index (κ2) is 7.40. The molecule has 0 bridgehead atoms. The van der Waals surface area contributed by atoms with Gasteiger partial charge in [-0.05, 0) is 57.9 Å². The first-order valence-corrected chi connectivity index (χ1v) is 9.02. The number of ether oxygens (including phenoxy) is 1. The lowest BCUT2D eigenvalue weighted by Crippen LogP contribution is -2.54. The van der Waals surface area contributed by atoms with Gasteiger partial charge in [0.25, 0.3) is 0 Å². The minimum absolute atomic E-state index is 0.0580. The molecule has 1 amide bonds. The molecular weight excluding hydrogens is 375 g/mol. The van der Waals surface area contributed by atoms with Gasteiger partial charge in [0, 0.05) is 36.7 Å². The molecule has 0 aliphatic carbocycles. The van der Waals surface area contributed by atoms with Crippen molar-refractivity contribution in [2.45, 2.75) is 52.8 Å². The molecule has 6 heteroatoms. The van der Waals surface area contributed by atoms with E-state index in [9.17, 15) is 9.18 Å². The van der Waals surface area contributed by atoms with E-state index in [0.717, 1.165) is 23.1 Å². The van der Waals surface area contributed by atoms with Crippen molar-refractivity contribution in [1.29, 1.82) is 0 Å².